The van der Waals surface area contributed by atoms with Crippen LogP contribution in [-0.4, -0.2) is 0 Å². The lowest BCUT2D eigenvalue weighted by Crippen LogP contribution is -2.45. The molecule has 4 rings (SSSR count). The van der Waals surface area contributed by atoms with Gasteiger partial charge in [0.25, 0.3) is 0 Å². The lowest BCUT2D eigenvalue weighted by Gasteiger charge is -2.54. The quantitative estimate of drug-likeness (QED) is 0.474. The van der Waals surface area contributed by atoms with Gasteiger partial charge in [-0.05, 0) is 62.7 Å². The van der Waals surface area contributed by atoms with E-state index < -0.39 is 0 Å². The summed E-state index contributed by atoms with van der Waals surface area (Å²) in [4.78, 5) is 0. The number of rotatable bonds is 2. The topological polar surface area (TPSA) is 0 Å². The summed E-state index contributed by atoms with van der Waals surface area (Å²) in [5.41, 5.74) is 0.489. The molecule has 0 spiro atoms. The lowest BCUT2D eigenvalue weighted by atomic mass is 9.50. The Kier molecular flexibility index (Phi) is 2.74. The average molecular weight is 216 g/mol. The van der Waals surface area contributed by atoms with Crippen LogP contribution in [0.4, 0.5) is 0 Å². The van der Waals surface area contributed by atoms with Crippen molar-refractivity contribution in [1.82, 2.24) is 0 Å². The van der Waals surface area contributed by atoms with Gasteiger partial charge in [-0.2, -0.15) is 0 Å². The second kappa shape index (κ2) is 4.10. The first-order valence-corrected chi connectivity index (χ1v) is 7.30. The number of hydrogen-bond donors (Lipinski definition) is 0. The first-order chi connectivity index (χ1) is 7.80. The van der Waals surface area contributed by atoms with E-state index in [0.717, 1.165) is 24.2 Å². The van der Waals surface area contributed by atoms with Crippen LogP contribution in [0, 0.1) is 35.0 Å². The van der Waals surface area contributed by atoms with Gasteiger partial charge in [0.05, 0.1) is 0 Å². The van der Waals surface area contributed by atoms with Crippen LogP contribution in [0.3, 0.4) is 0 Å². The zero-order valence-corrected chi connectivity index (χ0v) is 10.6. The van der Waals surface area contributed by atoms with Crippen LogP contribution in [0.1, 0.15) is 64.7 Å². The third-order valence-electron chi connectivity index (χ3n) is 5.05. The summed E-state index contributed by atoms with van der Waals surface area (Å²) in [5.74, 6) is 10.3. The van der Waals surface area contributed by atoms with Crippen LogP contribution in [0.2, 0.25) is 0 Å². The van der Waals surface area contributed by atoms with Crippen molar-refractivity contribution in [2.24, 2.45) is 23.2 Å². The highest BCUT2D eigenvalue weighted by molar-refractivity contribution is 5.18. The highest BCUT2D eigenvalue weighted by atomic mass is 14.5. The van der Waals surface area contributed by atoms with E-state index in [1.54, 1.807) is 0 Å². The molecule has 4 aliphatic carbocycles. The molecular formula is C16H24. The van der Waals surface area contributed by atoms with Crippen LogP contribution in [-0.2, 0) is 0 Å². The van der Waals surface area contributed by atoms with Crippen molar-refractivity contribution in [3.05, 3.63) is 0 Å². The Bertz CT molecular complexity index is 279. The van der Waals surface area contributed by atoms with Gasteiger partial charge in [0.2, 0.25) is 0 Å². The molecule has 0 amide bonds. The Morgan fingerprint density at radius 1 is 1.00 bits per heavy atom. The second-order valence-electron chi connectivity index (χ2n) is 6.60. The van der Waals surface area contributed by atoms with Gasteiger partial charge >= 0.3 is 0 Å². The van der Waals surface area contributed by atoms with Gasteiger partial charge < -0.3 is 0 Å². The van der Waals surface area contributed by atoms with Gasteiger partial charge in [-0.3, -0.25) is 0 Å². The highest BCUT2D eigenvalue weighted by Crippen LogP contribution is 2.59. The van der Waals surface area contributed by atoms with E-state index in [0.29, 0.717) is 5.41 Å². The predicted molar refractivity (Wildman–Crippen MR) is 67.9 cm³/mol. The van der Waals surface area contributed by atoms with E-state index >= 15 is 0 Å². The Morgan fingerprint density at radius 3 is 2.06 bits per heavy atom. The Labute approximate surface area is 100 Å². The number of unbranched alkanes of at least 4 members (excludes halogenated alkanes) is 2. The first-order valence-electron chi connectivity index (χ1n) is 7.30. The molecule has 0 aromatic heterocycles. The SMILES string of the molecule is CCCCC#CC12CC3CC(CC(C3)C1)C2. The lowest BCUT2D eigenvalue weighted by molar-refractivity contribution is -0.0181. The Morgan fingerprint density at radius 2 is 1.56 bits per heavy atom. The second-order valence-corrected chi connectivity index (χ2v) is 6.60. The summed E-state index contributed by atoms with van der Waals surface area (Å²) in [6.07, 6.45) is 12.7. The summed E-state index contributed by atoms with van der Waals surface area (Å²) < 4.78 is 0. The predicted octanol–water partition coefficient (Wildman–Crippen LogP) is 4.40. The minimum Gasteiger partial charge on any atom is -0.103 e. The highest BCUT2D eigenvalue weighted by Gasteiger charge is 2.50. The zero-order valence-electron chi connectivity index (χ0n) is 10.6. The van der Waals surface area contributed by atoms with Gasteiger partial charge in [0.1, 0.15) is 0 Å². The van der Waals surface area contributed by atoms with Crippen LogP contribution in [0.25, 0.3) is 0 Å². The largest absolute Gasteiger partial charge is 0.103 e. The van der Waals surface area contributed by atoms with Crippen molar-refractivity contribution in [3.63, 3.8) is 0 Å². The fourth-order valence-electron chi connectivity index (χ4n) is 4.78. The maximum atomic E-state index is 3.71. The molecule has 0 aromatic rings. The van der Waals surface area contributed by atoms with E-state index in [4.69, 9.17) is 0 Å². The summed E-state index contributed by atoms with van der Waals surface area (Å²) >= 11 is 0. The minimum absolute atomic E-state index is 0.489. The molecule has 4 bridgehead atoms. The summed E-state index contributed by atoms with van der Waals surface area (Å²) in [7, 11) is 0. The first kappa shape index (κ1) is 10.7. The van der Waals surface area contributed by atoms with E-state index in [2.05, 4.69) is 18.8 Å². The molecule has 0 nitrogen and oxygen atoms in total. The Balaban J connectivity index is 1.70. The molecule has 0 unspecified atom stereocenters. The summed E-state index contributed by atoms with van der Waals surface area (Å²) in [6, 6.07) is 0. The zero-order chi connectivity index (χ0) is 11.0. The van der Waals surface area contributed by atoms with Gasteiger partial charge in [0, 0.05) is 11.8 Å². The normalized spacial score (nSPS) is 44.2. The van der Waals surface area contributed by atoms with Crippen molar-refractivity contribution < 1.29 is 0 Å². The van der Waals surface area contributed by atoms with Crippen molar-refractivity contribution in [1.29, 1.82) is 0 Å². The van der Waals surface area contributed by atoms with E-state index in [1.807, 2.05) is 0 Å². The third kappa shape index (κ3) is 1.90. The van der Waals surface area contributed by atoms with Crippen molar-refractivity contribution in [3.8, 4) is 11.8 Å². The molecular weight excluding hydrogens is 192 g/mol. The van der Waals surface area contributed by atoms with Crippen molar-refractivity contribution in [2.45, 2.75) is 64.7 Å². The molecule has 0 N–H and O–H groups in total. The molecule has 0 atom stereocenters. The molecule has 0 aliphatic heterocycles. The smallest absolute Gasteiger partial charge is 0.0322 e. The third-order valence-corrected chi connectivity index (χ3v) is 5.05. The summed E-state index contributed by atoms with van der Waals surface area (Å²) in [6.45, 7) is 2.26. The fourth-order valence-corrected chi connectivity index (χ4v) is 4.78. The van der Waals surface area contributed by atoms with Crippen LogP contribution < -0.4 is 0 Å². The van der Waals surface area contributed by atoms with Crippen molar-refractivity contribution in [2.75, 3.05) is 0 Å². The molecule has 0 aromatic carbocycles. The van der Waals surface area contributed by atoms with E-state index in [1.165, 1.54) is 51.4 Å². The van der Waals surface area contributed by atoms with E-state index in [-0.39, 0.29) is 0 Å². The molecule has 0 heteroatoms. The average Bonchev–Trinajstić information content (AvgIpc) is 2.22. The Hall–Kier alpha value is -0.440. The van der Waals surface area contributed by atoms with Crippen LogP contribution in [0.5, 0.6) is 0 Å². The maximum absolute atomic E-state index is 3.71. The molecule has 4 aliphatic rings. The number of hydrogen-bond acceptors (Lipinski definition) is 0. The molecule has 4 saturated carbocycles. The summed E-state index contributed by atoms with van der Waals surface area (Å²) in [5, 5.41) is 0. The van der Waals surface area contributed by atoms with Gasteiger partial charge in [-0.25, -0.2) is 0 Å². The minimum atomic E-state index is 0.489. The molecule has 88 valence electrons. The molecule has 0 heterocycles. The monoisotopic (exact) mass is 216 g/mol. The van der Waals surface area contributed by atoms with Gasteiger partial charge in [0.15, 0.2) is 0 Å². The maximum Gasteiger partial charge on any atom is 0.0322 e. The molecule has 16 heavy (non-hydrogen) atoms. The molecule has 4 fully saturated rings. The molecule has 0 saturated heterocycles. The fraction of sp³-hybridized carbons (Fsp3) is 0.875. The van der Waals surface area contributed by atoms with Gasteiger partial charge in [-0.1, -0.05) is 19.3 Å². The van der Waals surface area contributed by atoms with Gasteiger partial charge in [-0.15, -0.1) is 5.92 Å². The standard InChI is InChI=1S/C16H24/c1-2-3-4-5-6-16-10-13-7-14(11-16)9-15(8-13)12-16/h13-15H,2-4,7-12H2,1H3. The van der Waals surface area contributed by atoms with E-state index in [9.17, 15) is 0 Å². The van der Waals surface area contributed by atoms with Crippen molar-refractivity contribution >= 4 is 0 Å². The van der Waals surface area contributed by atoms with Crippen LogP contribution >= 0.6 is 0 Å². The van der Waals surface area contributed by atoms with Crippen LogP contribution in [0.15, 0.2) is 0 Å². The molecule has 0 radical (unpaired) electrons.